The van der Waals surface area contributed by atoms with E-state index in [1.54, 1.807) is 0 Å². The normalized spacial score (nSPS) is 14.6. The Morgan fingerprint density at radius 3 is 2.60 bits per heavy atom. The number of amides is 3. The third kappa shape index (κ3) is 4.42. The van der Waals surface area contributed by atoms with E-state index in [1.165, 1.54) is 49.6 Å². The summed E-state index contributed by atoms with van der Waals surface area (Å²) in [5.74, 6) is -1.37. The van der Waals surface area contributed by atoms with Gasteiger partial charge in [0.1, 0.15) is 5.75 Å². The molecule has 1 fully saturated rings. The van der Waals surface area contributed by atoms with Gasteiger partial charge in [0, 0.05) is 24.2 Å². The number of benzene rings is 2. The van der Waals surface area contributed by atoms with Crippen molar-refractivity contribution < 1.29 is 27.5 Å². The fraction of sp³-hybridized carbons (Fsp3) is 0.211. The predicted molar refractivity (Wildman–Crippen MR) is 108 cm³/mol. The molecule has 0 aliphatic carbocycles. The SMILES string of the molecule is COc1ccc(C(N)=O)cc1NC(=O)c1cccc(S(=O)(=O)N2CCNC(=O)C2)c1. The van der Waals surface area contributed by atoms with Crippen molar-refractivity contribution in [3.8, 4) is 5.75 Å². The molecule has 11 heteroatoms. The van der Waals surface area contributed by atoms with Gasteiger partial charge in [-0.2, -0.15) is 4.31 Å². The summed E-state index contributed by atoms with van der Waals surface area (Å²) in [4.78, 5) is 35.6. The van der Waals surface area contributed by atoms with E-state index in [9.17, 15) is 22.8 Å². The zero-order valence-electron chi connectivity index (χ0n) is 16.0. The number of methoxy groups -OCH3 is 1. The van der Waals surface area contributed by atoms with E-state index in [4.69, 9.17) is 10.5 Å². The van der Waals surface area contributed by atoms with Crippen molar-refractivity contribution in [2.24, 2.45) is 5.73 Å². The topological polar surface area (TPSA) is 148 Å². The average Bonchev–Trinajstić information content (AvgIpc) is 2.73. The molecule has 3 amide bonds. The van der Waals surface area contributed by atoms with E-state index in [1.807, 2.05) is 0 Å². The van der Waals surface area contributed by atoms with Crippen LogP contribution in [0.3, 0.4) is 0 Å². The summed E-state index contributed by atoms with van der Waals surface area (Å²) in [6.07, 6.45) is 0. The Morgan fingerprint density at radius 1 is 1.17 bits per heavy atom. The number of nitrogens with one attached hydrogen (secondary N) is 2. The number of anilines is 1. The molecule has 2 aromatic carbocycles. The first kappa shape index (κ1) is 21.3. The third-order valence-electron chi connectivity index (χ3n) is 4.47. The van der Waals surface area contributed by atoms with Gasteiger partial charge in [-0.3, -0.25) is 14.4 Å². The molecule has 2 aromatic rings. The van der Waals surface area contributed by atoms with Crippen LogP contribution in [0, 0.1) is 0 Å². The number of nitrogens with zero attached hydrogens (tertiary/aromatic N) is 1. The van der Waals surface area contributed by atoms with Gasteiger partial charge in [0.2, 0.25) is 21.8 Å². The average molecular weight is 432 g/mol. The third-order valence-corrected chi connectivity index (χ3v) is 6.31. The van der Waals surface area contributed by atoms with E-state index in [-0.39, 0.29) is 47.3 Å². The summed E-state index contributed by atoms with van der Waals surface area (Å²) in [7, 11) is -2.55. The van der Waals surface area contributed by atoms with Crippen molar-refractivity contribution in [2.45, 2.75) is 4.90 Å². The van der Waals surface area contributed by atoms with Crippen LogP contribution in [0.4, 0.5) is 5.69 Å². The van der Waals surface area contributed by atoms with E-state index >= 15 is 0 Å². The highest BCUT2D eigenvalue weighted by atomic mass is 32.2. The molecule has 0 radical (unpaired) electrons. The Balaban J connectivity index is 1.87. The number of carbonyl (C=O) groups excluding carboxylic acids is 3. The molecule has 1 aliphatic rings. The number of hydrogen-bond donors (Lipinski definition) is 3. The summed E-state index contributed by atoms with van der Waals surface area (Å²) >= 11 is 0. The Morgan fingerprint density at radius 2 is 1.93 bits per heavy atom. The molecular formula is C19H20N4O6S. The van der Waals surface area contributed by atoms with Gasteiger partial charge in [0.05, 0.1) is 24.2 Å². The molecule has 0 spiro atoms. The highest BCUT2D eigenvalue weighted by molar-refractivity contribution is 7.89. The minimum absolute atomic E-state index is 0.0732. The van der Waals surface area contributed by atoms with Gasteiger partial charge < -0.3 is 21.1 Å². The first-order chi connectivity index (χ1) is 14.2. The van der Waals surface area contributed by atoms with Crippen LogP contribution >= 0.6 is 0 Å². The second kappa shape index (κ2) is 8.51. The first-order valence-electron chi connectivity index (χ1n) is 8.88. The number of ether oxygens (including phenoxy) is 1. The lowest BCUT2D eigenvalue weighted by molar-refractivity contribution is -0.122. The summed E-state index contributed by atoms with van der Waals surface area (Å²) in [5, 5.41) is 5.16. The van der Waals surface area contributed by atoms with Crippen molar-refractivity contribution in [3.63, 3.8) is 0 Å². The lowest BCUT2D eigenvalue weighted by atomic mass is 10.1. The van der Waals surface area contributed by atoms with Crippen LogP contribution in [0.1, 0.15) is 20.7 Å². The van der Waals surface area contributed by atoms with E-state index in [2.05, 4.69) is 10.6 Å². The monoisotopic (exact) mass is 432 g/mol. The molecule has 0 atom stereocenters. The molecule has 1 heterocycles. The summed E-state index contributed by atoms with van der Waals surface area (Å²) in [6, 6.07) is 9.77. The predicted octanol–water partition coefficient (Wildman–Crippen LogP) is 0.167. The highest BCUT2D eigenvalue weighted by Crippen LogP contribution is 2.26. The van der Waals surface area contributed by atoms with E-state index in [0.29, 0.717) is 5.75 Å². The Bertz CT molecular complexity index is 1120. The maximum atomic E-state index is 12.8. The van der Waals surface area contributed by atoms with Crippen molar-refractivity contribution in [1.29, 1.82) is 0 Å². The van der Waals surface area contributed by atoms with Gasteiger partial charge in [0.25, 0.3) is 5.91 Å². The van der Waals surface area contributed by atoms with Crippen molar-refractivity contribution >= 4 is 33.4 Å². The molecule has 30 heavy (non-hydrogen) atoms. The number of hydrogen-bond acceptors (Lipinski definition) is 6. The van der Waals surface area contributed by atoms with Gasteiger partial charge in [-0.15, -0.1) is 0 Å². The van der Waals surface area contributed by atoms with Gasteiger partial charge in [0.15, 0.2) is 0 Å². The minimum Gasteiger partial charge on any atom is -0.495 e. The van der Waals surface area contributed by atoms with Crippen LogP contribution in [-0.2, 0) is 14.8 Å². The molecule has 0 bridgehead atoms. The van der Waals surface area contributed by atoms with E-state index in [0.717, 1.165) is 4.31 Å². The lowest BCUT2D eigenvalue weighted by Crippen LogP contribution is -2.49. The maximum absolute atomic E-state index is 12.8. The Kier molecular flexibility index (Phi) is 6.04. The molecule has 158 valence electrons. The van der Waals surface area contributed by atoms with Crippen LogP contribution in [0.2, 0.25) is 0 Å². The van der Waals surface area contributed by atoms with Crippen LogP contribution < -0.4 is 21.1 Å². The highest BCUT2D eigenvalue weighted by Gasteiger charge is 2.29. The molecular weight excluding hydrogens is 412 g/mol. The standard InChI is InChI=1S/C19H20N4O6S/c1-29-16-6-5-12(18(20)25)10-15(16)22-19(26)13-3-2-4-14(9-13)30(27,28)23-8-7-21-17(24)11-23/h2-6,9-10H,7-8,11H2,1H3,(H2,20,25)(H,21,24)(H,22,26). The fourth-order valence-corrected chi connectivity index (χ4v) is 4.36. The van der Waals surface area contributed by atoms with Crippen molar-refractivity contribution in [3.05, 3.63) is 53.6 Å². The molecule has 10 nitrogen and oxygen atoms in total. The molecule has 1 saturated heterocycles. The van der Waals surface area contributed by atoms with Gasteiger partial charge >= 0.3 is 0 Å². The summed E-state index contributed by atoms with van der Waals surface area (Å²) in [6.45, 7) is 0.0751. The molecule has 1 aliphatic heterocycles. The number of nitrogens with two attached hydrogens (primary N) is 1. The van der Waals surface area contributed by atoms with Crippen LogP contribution in [0.25, 0.3) is 0 Å². The smallest absolute Gasteiger partial charge is 0.255 e. The first-order valence-corrected chi connectivity index (χ1v) is 10.3. The number of rotatable bonds is 6. The molecule has 4 N–H and O–H groups in total. The number of primary amides is 1. The summed E-state index contributed by atoms with van der Waals surface area (Å²) in [5.41, 5.74) is 5.73. The van der Waals surface area contributed by atoms with Gasteiger partial charge in [-0.1, -0.05) is 6.07 Å². The minimum atomic E-state index is -3.95. The zero-order chi connectivity index (χ0) is 21.9. The number of piperazine rings is 1. The van der Waals surface area contributed by atoms with Gasteiger partial charge in [-0.05, 0) is 36.4 Å². The molecule has 0 aromatic heterocycles. The van der Waals surface area contributed by atoms with Crippen molar-refractivity contribution in [2.75, 3.05) is 32.1 Å². The molecule has 0 unspecified atom stereocenters. The van der Waals surface area contributed by atoms with Crippen molar-refractivity contribution in [1.82, 2.24) is 9.62 Å². The molecule has 3 rings (SSSR count). The van der Waals surface area contributed by atoms with Crippen LogP contribution in [0.15, 0.2) is 47.4 Å². The zero-order valence-corrected chi connectivity index (χ0v) is 16.9. The van der Waals surface area contributed by atoms with Gasteiger partial charge in [-0.25, -0.2) is 8.42 Å². The largest absolute Gasteiger partial charge is 0.495 e. The second-order valence-electron chi connectivity index (χ2n) is 6.45. The fourth-order valence-electron chi connectivity index (χ4n) is 2.92. The second-order valence-corrected chi connectivity index (χ2v) is 8.39. The van der Waals surface area contributed by atoms with Crippen LogP contribution in [-0.4, -0.2) is 57.2 Å². The number of carbonyl (C=O) groups is 3. The maximum Gasteiger partial charge on any atom is 0.255 e. The molecule has 0 saturated carbocycles. The Hall–Kier alpha value is -3.44. The lowest BCUT2D eigenvalue weighted by Gasteiger charge is -2.26. The van der Waals surface area contributed by atoms with E-state index < -0.39 is 21.8 Å². The number of sulfonamides is 1. The Labute approximate surface area is 173 Å². The quantitative estimate of drug-likeness (QED) is 0.593. The summed E-state index contributed by atoms with van der Waals surface area (Å²) < 4.78 is 31.9. The van der Waals surface area contributed by atoms with Crippen LogP contribution in [0.5, 0.6) is 5.75 Å².